The summed E-state index contributed by atoms with van der Waals surface area (Å²) in [6.45, 7) is 0.297. The first-order chi connectivity index (χ1) is 15.1. The number of hydrazone groups is 1. The summed E-state index contributed by atoms with van der Waals surface area (Å²) in [7, 11) is 2.88. The molecule has 2 aromatic carbocycles. The maximum atomic E-state index is 11.9. The summed E-state index contributed by atoms with van der Waals surface area (Å²) in [6.07, 6.45) is 3.04. The number of ether oxygens (including phenoxy) is 3. The van der Waals surface area contributed by atoms with E-state index in [0.717, 1.165) is 5.56 Å². The van der Waals surface area contributed by atoms with Crippen molar-refractivity contribution in [3.05, 3.63) is 89.2 Å². The molecular weight excluding hydrogens is 398 g/mol. The van der Waals surface area contributed by atoms with Gasteiger partial charge in [0.05, 0.1) is 26.0 Å². The number of rotatable bonds is 8. The van der Waals surface area contributed by atoms with Crippen LogP contribution >= 0.6 is 0 Å². The number of hydrogen-bond donors (Lipinski definition) is 1. The first-order valence-electron chi connectivity index (χ1n) is 9.33. The van der Waals surface area contributed by atoms with Gasteiger partial charge in [-0.15, -0.1) is 0 Å². The van der Waals surface area contributed by atoms with Gasteiger partial charge < -0.3 is 14.2 Å². The molecule has 158 valence electrons. The second-order valence-electron chi connectivity index (χ2n) is 6.30. The molecule has 0 atom stereocenters. The van der Waals surface area contributed by atoms with Gasteiger partial charge in [-0.25, -0.2) is 10.2 Å². The number of pyridine rings is 1. The van der Waals surface area contributed by atoms with E-state index in [-0.39, 0.29) is 11.7 Å². The molecule has 0 saturated heterocycles. The lowest BCUT2D eigenvalue weighted by molar-refractivity contribution is 0.0600. The lowest BCUT2D eigenvalue weighted by Crippen LogP contribution is -2.18. The van der Waals surface area contributed by atoms with Gasteiger partial charge >= 0.3 is 5.97 Å². The number of amides is 1. The molecule has 0 saturated carbocycles. The number of nitrogens with one attached hydrogen (secondary N) is 1. The van der Waals surface area contributed by atoms with E-state index < -0.39 is 5.91 Å². The maximum Gasteiger partial charge on any atom is 0.337 e. The van der Waals surface area contributed by atoms with Gasteiger partial charge in [-0.1, -0.05) is 18.2 Å². The van der Waals surface area contributed by atoms with Crippen molar-refractivity contribution in [3.8, 4) is 11.5 Å². The van der Waals surface area contributed by atoms with Crippen molar-refractivity contribution < 1.29 is 23.8 Å². The topological polar surface area (TPSA) is 99.1 Å². The minimum atomic E-state index is -0.401. The summed E-state index contributed by atoms with van der Waals surface area (Å²) in [5.41, 5.74) is 4.78. The third-order valence-corrected chi connectivity index (χ3v) is 4.23. The zero-order valence-electron chi connectivity index (χ0n) is 17.1. The van der Waals surface area contributed by atoms with Gasteiger partial charge in [0.15, 0.2) is 11.5 Å². The SMILES string of the molecule is COC(=O)c1ccc(COc2ccc(/C=N\NC(=O)c3ccccn3)cc2OC)cc1. The van der Waals surface area contributed by atoms with Gasteiger partial charge in [0.1, 0.15) is 12.3 Å². The van der Waals surface area contributed by atoms with E-state index in [1.165, 1.54) is 26.6 Å². The van der Waals surface area contributed by atoms with Crippen molar-refractivity contribution in [2.45, 2.75) is 6.61 Å². The number of hydrogen-bond acceptors (Lipinski definition) is 7. The molecule has 0 fully saturated rings. The Bertz CT molecular complexity index is 1070. The van der Waals surface area contributed by atoms with E-state index in [0.29, 0.717) is 29.2 Å². The smallest absolute Gasteiger partial charge is 0.337 e. The molecule has 0 aliphatic heterocycles. The molecule has 0 spiro atoms. The molecule has 0 unspecified atom stereocenters. The summed E-state index contributed by atoms with van der Waals surface area (Å²) in [5.74, 6) is 0.282. The lowest BCUT2D eigenvalue weighted by Gasteiger charge is -2.11. The fourth-order valence-corrected chi connectivity index (χ4v) is 2.62. The first kappa shape index (κ1) is 21.5. The molecule has 1 N–H and O–H groups in total. The van der Waals surface area contributed by atoms with Crippen molar-refractivity contribution in [3.63, 3.8) is 0 Å². The third-order valence-electron chi connectivity index (χ3n) is 4.23. The second-order valence-corrected chi connectivity index (χ2v) is 6.30. The highest BCUT2D eigenvalue weighted by molar-refractivity contribution is 5.93. The van der Waals surface area contributed by atoms with Crippen molar-refractivity contribution in [2.75, 3.05) is 14.2 Å². The molecule has 3 rings (SSSR count). The van der Waals surface area contributed by atoms with Crippen LogP contribution in [0.5, 0.6) is 11.5 Å². The molecule has 1 aromatic heterocycles. The molecule has 0 aliphatic rings. The Morgan fingerprint density at radius 1 is 1.03 bits per heavy atom. The molecule has 0 bridgehead atoms. The molecule has 8 heteroatoms. The Morgan fingerprint density at radius 3 is 2.52 bits per heavy atom. The Morgan fingerprint density at radius 2 is 1.84 bits per heavy atom. The summed E-state index contributed by atoms with van der Waals surface area (Å²) in [6, 6.07) is 17.3. The van der Waals surface area contributed by atoms with Gasteiger partial charge in [-0.3, -0.25) is 9.78 Å². The van der Waals surface area contributed by atoms with Gasteiger partial charge in [-0.05, 0) is 53.6 Å². The van der Waals surface area contributed by atoms with Crippen LogP contribution in [0.15, 0.2) is 72.0 Å². The van der Waals surface area contributed by atoms with Gasteiger partial charge in [0.2, 0.25) is 0 Å². The fraction of sp³-hybridized carbons (Fsp3) is 0.130. The number of nitrogens with zero attached hydrogens (tertiary/aromatic N) is 2. The fourth-order valence-electron chi connectivity index (χ4n) is 2.62. The Hall–Kier alpha value is -4.20. The zero-order valence-corrected chi connectivity index (χ0v) is 17.1. The summed E-state index contributed by atoms with van der Waals surface area (Å²) >= 11 is 0. The van der Waals surface area contributed by atoms with E-state index in [4.69, 9.17) is 9.47 Å². The van der Waals surface area contributed by atoms with Crippen LogP contribution in [0.1, 0.15) is 32.0 Å². The standard InChI is InChI=1S/C23H21N3O5/c1-29-21-13-17(14-25-26-22(27)19-5-3-4-12-24-19)8-11-20(21)31-15-16-6-9-18(10-7-16)23(28)30-2/h3-14H,15H2,1-2H3,(H,26,27)/b25-14-. The predicted molar refractivity (Wildman–Crippen MR) is 114 cm³/mol. The molecule has 3 aromatic rings. The van der Waals surface area contributed by atoms with E-state index >= 15 is 0 Å². The molecule has 1 amide bonds. The summed E-state index contributed by atoms with van der Waals surface area (Å²) in [5, 5.41) is 3.95. The monoisotopic (exact) mass is 419 g/mol. The van der Waals surface area contributed by atoms with Crippen molar-refractivity contribution in [1.29, 1.82) is 0 Å². The number of methoxy groups -OCH3 is 2. The van der Waals surface area contributed by atoms with E-state index in [1.54, 1.807) is 60.7 Å². The van der Waals surface area contributed by atoms with Crippen molar-refractivity contribution >= 4 is 18.1 Å². The largest absolute Gasteiger partial charge is 0.493 e. The normalized spacial score (nSPS) is 10.5. The van der Waals surface area contributed by atoms with Gasteiger partial charge in [-0.2, -0.15) is 5.10 Å². The van der Waals surface area contributed by atoms with Crippen molar-refractivity contribution in [2.24, 2.45) is 5.10 Å². The Kier molecular flexibility index (Phi) is 7.31. The number of benzene rings is 2. The first-order valence-corrected chi connectivity index (χ1v) is 9.33. The number of aromatic nitrogens is 1. The average Bonchev–Trinajstić information content (AvgIpc) is 2.83. The number of esters is 1. The summed E-state index contributed by atoms with van der Waals surface area (Å²) in [4.78, 5) is 27.4. The second kappa shape index (κ2) is 10.5. The Labute approximate surface area is 179 Å². The highest BCUT2D eigenvalue weighted by Gasteiger charge is 2.08. The molecular formula is C23H21N3O5. The van der Waals surface area contributed by atoms with E-state index in [9.17, 15) is 9.59 Å². The zero-order chi connectivity index (χ0) is 22.1. The number of carbonyl (C=O) groups excluding carboxylic acids is 2. The van der Waals surface area contributed by atoms with Crippen molar-refractivity contribution in [1.82, 2.24) is 10.4 Å². The van der Waals surface area contributed by atoms with Crippen LogP contribution in [0.2, 0.25) is 0 Å². The van der Waals surface area contributed by atoms with Gasteiger partial charge in [0, 0.05) is 6.20 Å². The molecule has 0 aliphatic carbocycles. The van der Waals surface area contributed by atoms with Crippen LogP contribution in [-0.2, 0) is 11.3 Å². The molecule has 1 heterocycles. The highest BCUT2D eigenvalue weighted by Crippen LogP contribution is 2.28. The minimum Gasteiger partial charge on any atom is -0.493 e. The van der Waals surface area contributed by atoms with Crippen LogP contribution in [0, 0.1) is 0 Å². The van der Waals surface area contributed by atoms with Crippen LogP contribution < -0.4 is 14.9 Å². The number of carbonyl (C=O) groups is 2. The third kappa shape index (κ3) is 5.89. The minimum absolute atomic E-state index is 0.278. The quantitative estimate of drug-likeness (QED) is 0.342. The average molecular weight is 419 g/mol. The summed E-state index contributed by atoms with van der Waals surface area (Å²) < 4.78 is 15.9. The molecule has 31 heavy (non-hydrogen) atoms. The van der Waals surface area contributed by atoms with Crippen LogP contribution in [0.3, 0.4) is 0 Å². The lowest BCUT2D eigenvalue weighted by atomic mass is 10.1. The molecule has 0 radical (unpaired) electrons. The molecule has 8 nitrogen and oxygen atoms in total. The maximum absolute atomic E-state index is 11.9. The van der Waals surface area contributed by atoms with E-state index in [2.05, 4.69) is 20.2 Å². The van der Waals surface area contributed by atoms with Gasteiger partial charge in [0.25, 0.3) is 5.91 Å². The Balaban J connectivity index is 1.60. The van der Waals surface area contributed by atoms with E-state index in [1.807, 2.05) is 0 Å². The van der Waals surface area contributed by atoms with Crippen LogP contribution in [0.4, 0.5) is 0 Å². The highest BCUT2D eigenvalue weighted by atomic mass is 16.5. The van der Waals surface area contributed by atoms with Crippen LogP contribution in [0.25, 0.3) is 0 Å². The van der Waals surface area contributed by atoms with Crippen LogP contribution in [-0.4, -0.2) is 37.3 Å². The predicted octanol–water partition coefficient (Wildman–Crippen LogP) is 3.22.